The van der Waals surface area contributed by atoms with Crippen LogP contribution >= 0.6 is 11.8 Å². The maximum absolute atomic E-state index is 12.2. The largest absolute Gasteiger partial charge is 0.375 e. The van der Waals surface area contributed by atoms with E-state index in [0.717, 1.165) is 32.5 Å². The molecule has 3 rings (SSSR count). The minimum absolute atomic E-state index is 0.106. The number of thioether (sulfide) groups is 1. The van der Waals surface area contributed by atoms with Crippen molar-refractivity contribution in [1.82, 2.24) is 10.2 Å². The molecular formula is C16H28N2O2S. The van der Waals surface area contributed by atoms with Gasteiger partial charge in [-0.15, -0.1) is 0 Å². The molecule has 3 aliphatic heterocycles. The Morgan fingerprint density at radius 3 is 2.76 bits per heavy atom. The van der Waals surface area contributed by atoms with Crippen LogP contribution in [0.5, 0.6) is 0 Å². The van der Waals surface area contributed by atoms with Crippen molar-refractivity contribution in [2.45, 2.75) is 56.6 Å². The van der Waals surface area contributed by atoms with E-state index in [9.17, 15) is 4.79 Å². The molecule has 1 N–H and O–H groups in total. The van der Waals surface area contributed by atoms with Gasteiger partial charge in [-0.25, -0.2) is 0 Å². The average molecular weight is 312 g/mol. The van der Waals surface area contributed by atoms with E-state index in [-0.39, 0.29) is 11.5 Å². The van der Waals surface area contributed by atoms with Crippen molar-refractivity contribution in [2.24, 2.45) is 0 Å². The van der Waals surface area contributed by atoms with Crippen LogP contribution in [0.2, 0.25) is 0 Å². The smallest absolute Gasteiger partial charge is 0.236 e. The zero-order valence-corrected chi connectivity index (χ0v) is 13.8. The molecule has 1 spiro atoms. The molecule has 0 bridgehead atoms. The Morgan fingerprint density at radius 2 is 2.00 bits per heavy atom. The predicted molar refractivity (Wildman–Crippen MR) is 86.7 cm³/mol. The van der Waals surface area contributed by atoms with Crippen molar-refractivity contribution in [3.05, 3.63) is 0 Å². The lowest BCUT2D eigenvalue weighted by molar-refractivity contribution is -0.132. The van der Waals surface area contributed by atoms with Gasteiger partial charge in [-0.2, -0.15) is 11.8 Å². The number of carbonyl (C=O) groups is 1. The van der Waals surface area contributed by atoms with Crippen molar-refractivity contribution in [3.8, 4) is 0 Å². The molecule has 3 aliphatic rings. The third kappa shape index (κ3) is 4.14. The quantitative estimate of drug-likeness (QED) is 0.866. The molecule has 3 saturated heterocycles. The number of amides is 1. The number of hydrogen-bond acceptors (Lipinski definition) is 4. The first-order valence-electron chi connectivity index (χ1n) is 8.50. The van der Waals surface area contributed by atoms with Crippen LogP contribution in [0.3, 0.4) is 0 Å². The maximum atomic E-state index is 12.2. The molecule has 0 aromatic rings. The lowest BCUT2D eigenvalue weighted by Crippen LogP contribution is -2.51. The van der Waals surface area contributed by atoms with Crippen molar-refractivity contribution in [3.63, 3.8) is 0 Å². The highest BCUT2D eigenvalue weighted by molar-refractivity contribution is 7.99. The van der Waals surface area contributed by atoms with Crippen molar-refractivity contribution in [1.29, 1.82) is 0 Å². The summed E-state index contributed by atoms with van der Waals surface area (Å²) in [5.74, 6) is 2.73. The Hall–Kier alpha value is -0.260. The van der Waals surface area contributed by atoms with E-state index in [2.05, 4.69) is 5.32 Å². The lowest BCUT2D eigenvalue weighted by atomic mass is 9.85. The molecule has 1 atom stereocenters. The number of hydrogen-bond donors (Lipinski definition) is 1. The average Bonchev–Trinajstić information content (AvgIpc) is 2.54. The van der Waals surface area contributed by atoms with Gasteiger partial charge in [-0.3, -0.25) is 4.79 Å². The van der Waals surface area contributed by atoms with Crippen LogP contribution in [0.1, 0.15) is 44.9 Å². The van der Waals surface area contributed by atoms with Crippen LogP contribution in [0.4, 0.5) is 0 Å². The molecule has 0 aromatic carbocycles. The fourth-order valence-electron chi connectivity index (χ4n) is 3.78. The first kappa shape index (κ1) is 15.6. The molecule has 0 aromatic heterocycles. The normalized spacial score (nSPS) is 29.5. The van der Waals surface area contributed by atoms with Crippen molar-refractivity contribution >= 4 is 17.7 Å². The second kappa shape index (κ2) is 7.34. The Labute approximate surface area is 132 Å². The van der Waals surface area contributed by atoms with E-state index in [4.69, 9.17) is 4.74 Å². The summed E-state index contributed by atoms with van der Waals surface area (Å²) >= 11 is 2.04. The molecule has 0 saturated carbocycles. The third-order valence-electron chi connectivity index (χ3n) is 5.15. The van der Waals surface area contributed by atoms with Crippen LogP contribution in [0.15, 0.2) is 0 Å². The van der Waals surface area contributed by atoms with Crippen LogP contribution in [0, 0.1) is 0 Å². The molecule has 3 heterocycles. The van der Waals surface area contributed by atoms with Gasteiger partial charge in [0.1, 0.15) is 0 Å². The molecule has 0 radical (unpaired) electrons. The number of likely N-dealkylation sites (tertiary alicyclic amines) is 1. The Bertz CT molecular complexity index is 347. The molecule has 3 fully saturated rings. The molecule has 4 nitrogen and oxygen atoms in total. The molecule has 120 valence electrons. The zero-order valence-electron chi connectivity index (χ0n) is 12.9. The van der Waals surface area contributed by atoms with Crippen LogP contribution < -0.4 is 5.32 Å². The van der Waals surface area contributed by atoms with E-state index in [0.29, 0.717) is 12.6 Å². The van der Waals surface area contributed by atoms with Gasteiger partial charge in [0.2, 0.25) is 5.91 Å². The van der Waals surface area contributed by atoms with Gasteiger partial charge in [0.05, 0.1) is 12.1 Å². The van der Waals surface area contributed by atoms with Crippen molar-refractivity contribution in [2.75, 3.05) is 37.7 Å². The molecule has 1 amide bonds. The monoisotopic (exact) mass is 312 g/mol. The lowest BCUT2D eigenvalue weighted by Gasteiger charge is -2.43. The molecular weight excluding hydrogens is 284 g/mol. The van der Waals surface area contributed by atoms with Crippen LogP contribution in [-0.2, 0) is 9.53 Å². The summed E-state index contributed by atoms with van der Waals surface area (Å²) in [6, 6.07) is 0.454. The van der Waals surface area contributed by atoms with E-state index in [1.54, 1.807) is 0 Å². The van der Waals surface area contributed by atoms with Gasteiger partial charge in [0.15, 0.2) is 0 Å². The number of nitrogens with one attached hydrogen (secondary N) is 1. The summed E-state index contributed by atoms with van der Waals surface area (Å²) in [6.45, 7) is 3.26. The van der Waals surface area contributed by atoms with Gasteiger partial charge in [-0.05, 0) is 56.5 Å². The third-order valence-corrected chi connectivity index (χ3v) is 6.13. The van der Waals surface area contributed by atoms with Gasteiger partial charge < -0.3 is 15.0 Å². The Kier molecular flexibility index (Phi) is 5.46. The molecule has 21 heavy (non-hydrogen) atoms. The summed E-state index contributed by atoms with van der Waals surface area (Å²) in [6.07, 6.45) is 8.10. The van der Waals surface area contributed by atoms with Gasteiger partial charge in [-0.1, -0.05) is 0 Å². The van der Waals surface area contributed by atoms with Gasteiger partial charge in [0.25, 0.3) is 0 Å². The second-order valence-electron chi connectivity index (χ2n) is 6.66. The first-order chi connectivity index (χ1) is 10.3. The number of nitrogens with zero attached hydrogens (tertiary/aromatic N) is 1. The van der Waals surface area contributed by atoms with Gasteiger partial charge in [0, 0.05) is 25.7 Å². The van der Waals surface area contributed by atoms with E-state index < -0.39 is 0 Å². The van der Waals surface area contributed by atoms with E-state index >= 15 is 0 Å². The van der Waals surface area contributed by atoms with Crippen LogP contribution in [-0.4, -0.2) is 60.2 Å². The standard InChI is InChI=1S/C16H28N2O2S/c19-15(18-7-2-1-3-8-18)13-17-14-4-9-20-16(12-14)5-10-21-11-6-16/h14,17H,1-13H2. The van der Waals surface area contributed by atoms with E-state index in [1.165, 1.54) is 43.6 Å². The summed E-state index contributed by atoms with van der Waals surface area (Å²) in [5.41, 5.74) is 0.106. The van der Waals surface area contributed by atoms with Crippen LogP contribution in [0.25, 0.3) is 0 Å². The highest BCUT2D eigenvalue weighted by Gasteiger charge is 2.38. The first-order valence-corrected chi connectivity index (χ1v) is 9.66. The second-order valence-corrected chi connectivity index (χ2v) is 7.88. The molecule has 0 aliphatic carbocycles. The molecule has 1 unspecified atom stereocenters. The van der Waals surface area contributed by atoms with Gasteiger partial charge >= 0.3 is 0 Å². The fourth-order valence-corrected chi connectivity index (χ4v) is 5.02. The summed E-state index contributed by atoms with van der Waals surface area (Å²) in [5, 5.41) is 3.51. The summed E-state index contributed by atoms with van der Waals surface area (Å²) < 4.78 is 6.11. The minimum atomic E-state index is 0.106. The predicted octanol–water partition coefficient (Wildman–Crippen LogP) is 2.03. The minimum Gasteiger partial charge on any atom is -0.375 e. The summed E-state index contributed by atoms with van der Waals surface area (Å²) in [4.78, 5) is 14.3. The summed E-state index contributed by atoms with van der Waals surface area (Å²) in [7, 11) is 0. The Balaban J connectivity index is 1.45. The number of rotatable bonds is 3. The maximum Gasteiger partial charge on any atom is 0.236 e. The zero-order chi connectivity index (χ0) is 14.5. The fraction of sp³-hybridized carbons (Fsp3) is 0.938. The SMILES string of the molecule is O=C(CNC1CCOC2(CCSCC2)C1)N1CCCCC1. The number of piperidine rings is 1. The highest BCUT2D eigenvalue weighted by atomic mass is 32.2. The number of carbonyl (C=O) groups excluding carboxylic acids is 1. The topological polar surface area (TPSA) is 41.6 Å². The Morgan fingerprint density at radius 1 is 1.24 bits per heavy atom. The highest BCUT2D eigenvalue weighted by Crippen LogP contribution is 2.37. The van der Waals surface area contributed by atoms with E-state index in [1.807, 2.05) is 16.7 Å². The molecule has 5 heteroatoms. The van der Waals surface area contributed by atoms with Crippen molar-refractivity contribution < 1.29 is 9.53 Å². The number of ether oxygens (including phenoxy) is 1.